The molecule has 2 heterocycles. The topological polar surface area (TPSA) is 41.9 Å². The predicted molar refractivity (Wildman–Crippen MR) is 97.4 cm³/mol. The highest BCUT2D eigenvalue weighted by atomic mass is 79.9. The molecule has 0 bridgehead atoms. The first-order valence-electron chi connectivity index (χ1n) is 8.73. The Morgan fingerprint density at radius 2 is 1.22 bits per heavy atom. The molecule has 0 spiro atoms. The van der Waals surface area contributed by atoms with Crippen LogP contribution in [0.25, 0.3) is 0 Å². The summed E-state index contributed by atoms with van der Waals surface area (Å²) >= 11 is 0. The number of carbonyl (C=O) groups is 2. The first-order chi connectivity index (χ1) is 12.7. The van der Waals surface area contributed by atoms with Gasteiger partial charge in [0.25, 0.3) is 0 Å². The Labute approximate surface area is 169 Å². The van der Waals surface area contributed by atoms with Crippen LogP contribution in [0.15, 0.2) is 85.5 Å². The van der Waals surface area contributed by atoms with E-state index in [2.05, 4.69) is 0 Å². The van der Waals surface area contributed by atoms with Gasteiger partial charge in [-0.15, -0.1) is 0 Å². The van der Waals surface area contributed by atoms with E-state index in [0.29, 0.717) is 31.5 Å². The minimum Gasteiger partial charge on any atom is -1.00 e. The van der Waals surface area contributed by atoms with E-state index >= 15 is 0 Å². The Hall–Kier alpha value is -2.66. The second-order valence-corrected chi connectivity index (χ2v) is 6.25. The maximum Gasteiger partial charge on any atom is 0.227 e. The molecule has 0 unspecified atom stereocenters. The van der Waals surface area contributed by atoms with Crippen molar-refractivity contribution in [3.8, 4) is 0 Å². The number of halogens is 1. The monoisotopic (exact) mass is 425 g/mol. The van der Waals surface area contributed by atoms with Crippen LogP contribution in [0.3, 0.4) is 0 Å². The summed E-state index contributed by atoms with van der Waals surface area (Å²) in [6, 6.07) is 19.1. The number of aromatic nitrogens is 2. The Balaban J connectivity index is 0.00000261. The van der Waals surface area contributed by atoms with Crippen molar-refractivity contribution in [2.75, 3.05) is 0 Å². The number of aryl methyl sites for hydroxylation is 1. The molecule has 0 amide bonds. The summed E-state index contributed by atoms with van der Waals surface area (Å²) in [7, 11) is 0. The third-order valence-electron chi connectivity index (χ3n) is 4.21. The maximum absolute atomic E-state index is 12.3. The lowest BCUT2D eigenvalue weighted by Crippen LogP contribution is -3.00. The molecule has 0 N–H and O–H groups in total. The van der Waals surface area contributed by atoms with Crippen LogP contribution in [0.1, 0.15) is 22.3 Å². The molecule has 138 valence electrons. The Kier molecular flexibility index (Phi) is 8.01. The number of benzene rings is 1. The number of pyridine rings is 2. The van der Waals surface area contributed by atoms with Gasteiger partial charge >= 0.3 is 0 Å². The lowest BCUT2D eigenvalue weighted by Gasteiger charge is -2.02. The minimum absolute atomic E-state index is 0. The molecule has 0 saturated heterocycles. The van der Waals surface area contributed by atoms with Crippen molar-refractivity contribution in [3.05, 3.63) is 96.6 Å². The van der Waals surface area contributed by atoms with Crippen LogP contribution in [-0.4, -0.2) is 11.6 Å². The van der Waals surface area contributed by atoms with Gasteiger partial charge in [-0.3, -0.25) is 9.59 Å². The molecule has 0 atom stereocenters. The van der Waals surface area contributed by atoms with Gasteiger partial charge in [-0.25, -0.2) is 0 Å². The zero-order chi connectivity index (χ0) is 18.2. The van der Waals surface area contributed by atoms with E-state index in [1.54, 1.807) is 0 Å². The number of hydrogen-bond donors (Lipinski definition) is 0. The summed E-state index contributed by atoms with van der Waals surface area (Å²) in [5.74, 6) is 0.270. The number of ketones is 2. The third-order valence-corrected chi connectivity index (χ3v) is 4.21. The third kappa shape index (κ3) is 6.53. The summed E-state index contributed by atoms with van der Waals surface area (Å²) in [6.07, 6.45) is 8.72. The van der Waals surface area contributed by atoms with Crippen LogP contribution in [0, 0.1) is 0 Å². The molecule has 0 aliphatic carbocycles. The van der Waals surface area contributed by atoms with Crippen LogP contribution in [0.5, 0.6) is 0 Å². The number of nitrogens with zero attached hydrogens (tertiary/aromatic N) is 2. The second kappa shape index (κ2) is 10.5. The molecule has 0 aliphatic heterocycles. The lowest BCUT2D eigenvalue weighted by atomic mass is 10.0. The maximum atomic E-state index is 12.3. The van der Waals surface area contributed by atoms with Gasteiger partial charge in [-0.05, 0) is 12.0 Å². The average molecular weight is 426 g/mol. The summed E-state index contributed by atoms with van der Waals surface area (Å²) in [5, 5.41) is 0. The largest absolute Gasteiger partial charge is 1.00 e. The Morgan fingerprint density at radius 3 is 1.78 bits per heavy atom. The highest BCUT2D eigenvalue weighted by Gasteiger charge is 2.12. The fourth-order valence-electron chi connectivity index (χ4n) is 2.76. The summed E-state index contributed by atoms with van der Waals surface area (Å²) < 4.78 is 3.74. The van der Waals surface area contributed by atoms with Crippen molar-refractivity contribution in [1.82, 2.24) is 0 Å². The van der Waals surface area contributed by atoms with Crippen LogP contribution >= 0.6 is 0 Å². The predicted octanol–water partition coefficient (Wildman–Crippen LogP) is -0.650. The van der Waals surface area contributed by atoms with E-state index in [9.17, 15) is 9.59 Å². The number of Topliss-reactive ketones (excluding diaryl/α,β-unsaturated/α-hetero) is 2. The molecule has 5 heteroatoms. The van der Waals surface area contributed by atoms with Crippen molar-refractivity contribution in [3.63, 3.8) is 0 Å². The lowest BCUT2D eigenvalue weighted by molar-refractivity contribution is -0.684. The van der Waals surface area contributed by atoms with Crippen LogP contribution in [0.2, 0.25) is 0 Å². The van der Waals surface area contributed by atoms with E-state index in [4.69, 9.17) is 0 Å². The zero-order valence-electron chi connectivity index (χ0n) is 15.0. The van der Waals surface area contributed by atoms with Crippen LogP contribution in [-0.2, 0) is 24.3 Å². The standard InChI is InChI=1S/C22H22N2O2.BrH/c25-21(17-23-13-3-1-4-14-23)12-9-19-7-10-20(11-8-19)22(26)18-24-15-5-2-6-16-24;/h1-8,10-11,13-16H,9,12,17-18H2;1H/q+2;/p-1. The molecule has 27 heavy (non-hydrogen) atoms. The van der Waals surface area contributed by atoms with E-state index in [-0.39, 0.29) is 28.5 Å². The van der Waals surface area contributed by atoms with Gasteiger partial charge in [0.1, 0.15) is 0 Å². The molecule has 0 fully saturated rings. The van der Waals surface area contributed by atoms with E-state index in [1.807, 2.05) is 94.6 Å². The fourth-order valence-corrected chi connectivity index (χ4v) is 2.76. The van der Waals surface area contributed by atoms with Gasteiger partial charge in [0.15, 0.2) is 30.6 Å². The van der Waals surface area contributed by atoms with E-state index in [1.165, 1.54) is 0 Å². The highest BCUT2D eigenvalue weighted by Crippen LogP contribution is 2.08. The van der Waals surface area contributed by atoms with Crippen molar-refractivity contribution in [1.29, 1.82) is 0 Å². The number of rotatable bonds is 8. The average Bonchev–Trinajstić information content (AvgIpc) is 2.68. The van der Waals surface area contributed by atoms with E-state index < -0.39 is 0 Å². The number of hydrogen-bond acceptors (Lipinski definition) is 2. The van der Waals surface area contributed by atoms with Gasteiger partial charge in [-0.1, -0.05) is 36.4 Å². The molecule has 3 aromatic rings. The molecular weight excluding hydrogens is 404 g/mol. The molecule has 4 nitrogen and oxygen atoms in total. The summed E-state index contributed by atoms with van der Waals surface area (Å²) in [5.41, 5.74) is 1.76. The first kappa shape index (κ1) is 20.6. The normalized spacial score (nSPS) is 10.1. The van der Waals surface area contributed by atoms with E-state index in [0.717, 1.165) is 5.56 Å². The van der Waals surface area contributed by atoms with Gasteiger partial charge in [-0.2, -0.15) is 9.13 Å². The quantitative estimate of drug-likeness (QED) is 0.355. The van der Waals surface area contributed by atoms with Gasteiger partial charge in [0.2, 0.25) is 18.9 Å². The molecule has 0 aliphatic rings. The van der Waals surface area contributed by atoms with Crippen molar-refractivity contribution in [2.24, 2.45) is 0 Å². The highest BCUT2D eigenvalue weighted by molar-refractivity contribution is 5.95. The number of carbonyl (C=O) groups excluding carboxylic acids is 2. The molecule has 1 aromatic carbocycles. The zero-order valence-corrected chi connectivity index (χ0v) is 16.6. The summed E-state index contributed by atoms with van der Waals surface area (Å²) in [4.78, 5) is 24.4. The Morgan fingerprint density at radius 1 is 0.704 bits per heavy atom. The smallest absolute Gasteiger partial charge is 0.227 e. The Bertz CT molecular complexity index is 866. The molecule has 3 rings (SSSR count). The van der Waals surface area contributed by atoms with Crippen LogP contribution in [0.4, 0.5) is 0 Å². The minimum atomic E-state index is 0. The van der Waals surface area contributed by atoms with Gasteiger partial charge < -0.3 is 17.0 Å². The fraction of sp³-hybridized carbons (Fsp3) is 0.182. The van der Waals surface area contributed by atoms with Crippen molar-refractivity contribution >= 4 is 11.6 Å². The van der Waals surface area contributed by atoms with Crippen molar-refractivity contribution in [2.45, 2.75) is 25.9 Å². The second-order valence-electron chi connectivity index (χ2n) is 6.25. The molecule has 2 aromatic heterocycles. The first-order valence-corrected chi connectivity index (χ1v) is 8.73. The molecular formula is C22H22BrN2O2+. The molecule has 0 saturated carbocycles. The summed E-state index contributed by atoms with van der Waals surface area (Å²) in [6.45, 7) is 0.721. The molecule has 0 radical (unpaired) electrons. The SMILES string of the molecule is O=C(CCc1ccc(C(=O)C[n+]2ccccc2)cc1)C[n+]1ccccc1.[Br-]. The van der Waals surface area contributed by atoms with Gasteiger partial charge in [0, 0.05) is 36.2 Å². The van der Waals surface area contributed by atoms with Crippen LogP contribution < -0.4 is 26.1 Å². The van der Waals surface area contributed by atoms with Crippen molar-refractivity contribution < 1.29 is 35.7 Å². The van der Waals surface area contributed by atoms with Gasteiger partial charge in [0.05, 0.1) is 0 Å².